The van der Waals surface area contributed by atoms with Gasteiger partial charge in [-0.3, -0.25) is 0 Å². The third-order valence-corrected chi connectivity index (χ3v) is 4.23. The molecule has 1 aromatic rings. The van der Waals surface area contributed by atoms with Crippen LogP contribution in [0.15, 0.2) is 18.3 Å². The van der Waals surface area contributed by atoms with E-state index in [2.05, 4.69) is 30.2 Å². The number of aromatic nitrogens is 1. The molecule has 20 heavy (non-hydrogen) atoms. The Bertz CT molecular complexity index is 416. The first-order valence-corrected chi connectivity index (χ1v) is 7.72. The number of ether oxygens (including phenoxy) is 1. The quantitative estimate of drug-likeness (QED) is 0.839. The molecule has 0 aromatic carbocycles. The summed E-state index contributed by atoms with van der Waals surface area (Å²) in [6, 6.07) is 4.30. The lowest BCUT2D eigenvalue weighted by Crippen LogP contribution is -2.53. The topological polar surface area (TPSA) is 60.2 Å². The van der Waals surface area contributed by atoms with Crippen molar-refractivity contribution < 1.29 is 4.74 Å². The predicted octanol–water partition coefficient (Wildman–Crippen LogP) is 2.53. The van der Waals surface area contributed by atoms with Crippen molar-refractivity contribution in [2.45, 2.75) is 57.6 Å². The fourth-order valence-electron chi connectivity index (χ4n) is 2.90. The number of nitrogen functional groups attached to an aromatic ring is 1. The Morgan fingerprint density at radius 3 is 3.00 bits per heavy atom. The number of pyridine rings is 1. The first-order chi connectivity index (χ1) is 9.65. The van der Waals surface area contributed by atoms with Crippen LogP contribution >= 0.6 is 0 Å². The van der Waals surface area contributed by atoms with Crippen molar-refractivity contribution in [1.29, 1.82) is 0 Å². The minimum Gasteiger partial charge on any atom is -0.383 e. The first-order valence-electron chi connectivity index (χ1n) is 7.72. The van der Waals surface area contributed by atoms with Crippen molar-refractivity contribution in [2.75, 3.05) is 18.9 Å². The van der Waals surface area contributed by atoms with Crippen molar-refractivity contribution in [3.05, 3.63) is 23.9 Å². The molecule has 0 amide bonds. The number of hydrogen-bond donors (Lipinski definition) is 2. The fourth-order valence-corrected chi connectivity index (χ4v) is 2.90. The SMILES string of the molecule is CCCNC(Cc1cccnc1N)C1(C)CCCCO1. The molecule has 4 heteroatoms. The Morgan fingerprint density at radius 2 is 2.35 bits per heavy atom. The van der Waals surface area contributed by atoms with E-state index in [1.165, 1.54) is 12.8 Å². The van der Waals surface area contributed by atoms with Gasteiger partial charge in [-0.1, -0.05) is 13.0 Å². The van der Waals surface area contributed by atoms with Gasteiger partial charge in [0.15, 0.2) is 0 Å². The molecule has 1 aliphatic rings. The van der Waals surface area contributed by atoms with Gasteiger partial charge in [-0.05, 0) is 57.2 Å². The summed E-state index contributed by atoms with van der Waals surface area (Å²) < 4.78 is 6.11. The Hall–Kier alpha value is -1.13. The van der Waals surface area contributed by atoms with Crippen LogP contribution in [-0.4, -0.2) is 29.8 Å². The van der Waals surface area contributed by atoms with Gasteiger partial charge in [0.2, 0.25) is 0 Å². The minimum atomic E-state index is -0.101. The van der Waals surface area contributed by atoms with Crippen molar-refractivity contribution in [1.82, 2.24) is 10.3 Å². The molecule has 0 bridgehead atoms. The normalized spacial score (nSPS) is 24.5. The van der Waals surface area contributed by atoms with E-state index in [9.17, 15) is 0 Å². The highest BCUT2D eigenvalue weighted by molar-refractivity contribution is 5.39. The third kappa shape index (κ3) is 3.70. The maximum absolute atomic E-state index is 6.11. The summed E-state index contributed by atoms with van der Waals surface area (Å²) in [4.78, 5) is 4.19. The highest BCUT2D eigenvalue weighted by atomic mass is 16.5. The lowest BCUT2D eigenvalue weighted by atomic mass is 9.84. The second kappa shape index (κ2) is 7.04. The lowest BCUT2D eigenvalue weighted by Gasteiger charge is -2.41. The average Bonchev–Trinajstić information content (AvgIpc) is 2.46. The summed E-state index contributed by atoms with van der Waals surface area (Å²) in [6.07, 6.45) is 7.25. The average molecular weight is 277 g/mol. The van der Waals surface area contributed by atoms with Gasteiger partial charge in [-0.2, -0.15) is 0 Å². The molecule has 2 heterocycles. The molecule has 2 rings (SSSR count). The highest BCUT2D eigenvalue weighted by Gasteiger charge is 2.36. The van der Waals surface area contributed by atoms with Crippen molar-refractivity contribution in [3.63, 3.8) is 0 Å². The van der Waals surface area contributed by atoms with Crippen molar-refractivity contribution in [3.8, 4) is 0 Å². The number of anilines is 1. The van der Waals surface area contributed by atoms with Crippen LogP contribution in [0.2, 0.25) is 0 Å². The van der Waals surface area contributed by atoms with Gasteiger partial charge in [0, 0.05) is 18.8 Å². The monoisotopic (exact) mass is 277 g/mol. The van der Waals surface area contributed by atoms with E-state index in [4.69, 9.17) is 10.5 Å². The maximum atomic E-state index is 6.11. The molecule has 112 valence electrons. The van der Waals surface area contributed by atoms with Gasteiger partial charge in [0.05, 0.1) is 5.60 Å². The fraction of sp³-hybridized carbons (Fsp3) is 0.688. The molecule has 0 spiro atoms. The molecule has 2 atom stereocenters. The zero-order valence-electron chi connectivity index (χ0n) is 12.7. The van der Waals surface area contributed by atoms with Crippen LogP contribution in [0.4, 0.5) is 5.82 Å². The predicted molar refractivity (Wildman–Crippen MR) is 82.6 cm³/mol. The lowest BCUT2D eigenvalue weighted by molar-refractivity contribution is -0.0883. The Labute approximate surface area is 122 Å². The van der Waals surface area contributed by atoms with E-state index in [1.807, 2.05) is 6.07 Å². The van der Waals surface area contributed by atoms with E-state index in [0.717, 1.165) is 38.0 Å². The Morgan fingerprint density at radius 1 is 1.50 bits per heavy atom. The van der Waals surface area contributed by atoms with Gasteiger partial charge in [0.25, 0.3) is 0 Å². The number of nitrogens with two attached hydrogens (primary N) is 1. The molecular formula is C16H27N3O. The minimum absolute atomic E-state index is 0.101. The zero-order valence-corrected chi connectivity index (χ0v) is 12.7. The third-order valence-electron chi connectivity index (χ3n) is 4.23. The smallest absolute Gasteiger partial charge is 0.126 e. The molecule has 1 aliphatic heterocycles. The molecule has 1 fully saturated rings. The van der Waals surface area contributed by atoms with Crippen LogP contribution in [0.25, 0.3) is 0 Å². The largest absolute Gasteiger partial charge is 0.383 e. The van der Waals surface area contributed by atoms with Crippen LogP contribution in [0.1, 0.15) is 45.1 Å². The number of nitrogens with one attached hydrogen (secondary N) is 1. The number of hydrogen-bond acceptors (Lipinski definition) is 4. The molecule has 0 saturated carbocycles. The van der Waals surface area contributed by atoms with Crippen LogP contribution in [0.5, 0.6) is 0 Å². The zero-order chi connectivity index (χ0) is 14.4. The molecule has 2 unspecified atom stereocenters. The summed E-state index contributed by atoms with van der Waals surface area (Å²) in [7, 11) is 0. The van der Waals surface area contributed by atoms with Crippen LogP contribution in [-0.2, 0) is 11.2 Å². The van der Waals surface area contributed by atoms with E-state index in [0.29, 0.717) is 5.82 Å². The Balaban J connectivity index is 2.12. The number of nitrogens with zero attached hydrogens (tertiary/aromatic N) is 1. The van der Waals surface area contributed by atoms with Crippen molar-refractivity contribution in [2.24, 2.45) is 0 Å². The molecule has 1 aromatic heterocycles. The first kappa shape index (κ1) is 15.3. The van der Waals surface area contributed by atoms with Gasteiger partial charge in [-0.15, -0.1) is 0 Å². The molecular weight excluding hydrogens is 250 g/mol. The van der Waals surface area contributed by atoms with E-state index in [-0.39, 0.29) is 11.6 Å². The summed E-state index contributed by atoms with van der Waals surface area (Å²) in [5, 5.41) is 3.65. The van der Waals surface area contributed by atoms with Gasteiger partial charge in [-0.25, -0.2) is 4.98 Å². The van der Waals surface area contributed by atoms with Gasteiger partial charge in [0.1, 0.15) is 5.82 Å². The maximum Gasteiger partial charge on any atom is 0.126 e. The van der Waals surface area contributed by atoms with Gasteiger partial charge >= 0.3 is 0 Å². The van der Waals surface area contributed by atoms with Crippen molar-refractivity contribution >= 4 is 5.82 Å². The Kier molecular flexibility index (Phi) is 5.38. The molecule has 0 radical (unpaired) electrons. The second-order valence-corrected chi connectivity index (χ2v) is 5.88. The van der Waals surface area contributed by atoms with E-state index in [1.54, 1.807) is 6.20 Å². The summed E-state index contributed by atoms with van der Waals surface area (Å²) in [5.74, 6) is 0.634. The van der Waals surface area contributed by atoms with Crippen LogP contribution in [0, 0.1) is 0 Å². The van der Waals surface area contributed by atoms with Crippen LogP contribution < -0.4 is 11.1 Å². The van der Waals surface area contributed by atoms with E-state index >= 15 is 0 Å². The van der Waals surface area contributed by atoms with Gasteiger partial charge < -0.3 is 15.8 Å². The van der Waals surface area contributed by atoms with Crippen LogP contribution in [0.3, 0.4) is 0 Å². The standard InChI is InChI=1S/C16H27N3O/c1-3-9-18-14(16(2)8-4-5-11-20-16)12-13-7-6-10-19-15(13)17/h6-7,10,14,18H,3-5,8-9,11-12H2,1-2H3,(H2,17,19). The van der Waals surface area contributed by atoms with E-state index < -0.39 is 0 Å². The second-order valence-electron chi connectivity index (χ2n) is 5.88. The number of rotatable bonds is 6. The summed E-state index contributed by atoms with van der Waals surface area (Å²) in [6.45, 7) is 6.28. The molecule has 4 nitrogen and oxygen atoms in total. The summed E-state index contributed by atoms with van der Waals surface area (Å²) >= 11 is 0. The molecule has 1 saturated heterocycles. The highest BCUT2D eigenvalue weighted by Crippen LogP contribution is 2.30. The molecule has 3 N–H and O–H groups in total. The molecule has 0 aliphatic carbocycles. The summed E-state index contributed by atoms with van der Waals surface area (Å²) in [5.41, 5.74) is 7.00.